The van der Waals surface area contributed by atoms with Crippen molar-refractivity contribution in [3.8, 4) is 0 Å². The van der Waals surface area contributed by atoms with Crippen LogP contribution in [0, 0.1) is 5.92 Å². The molecule has 8 N–H and O–H groups in total. The van der Waals surface area contributed by atoms with E-state index in [-0.39, 0.29) is 37.8 Å². The molecule has 0 aromatic rings. The van der Waals surface area contributed by atoms with Crippen molar-refractivity contribution in [2.75, 3.05) is 13.1 Å². The SMILES string of the molecule is CC.CC(C)CC(NC(=O)C(CCN)NC(=O)CCN)C(N)=O. The molecule has 0 aliphatic carbocycles. The summed E-state index contributed by atoms with van der Waals surface area (Å²) in [5.74, 6) is -1.19. The van der Waals surface area contributed by atoms with Gasteiger partial charge in [0.25, 0.3) is 0 Å². The van der Waals surface area contributed by atoms with E-state index < -0.39 is 23.9 Å². The van der Waals surface area contributed by atoms with Gasteiger partial charge in [0.2, 0.25) is 17.7 Å². The van der Waals surface area contributed by atoms with E-state index in [1.807, 2.05) is 27.7 Å². The van der Waals surface area contributed by atoms with E-state index in [0.29, 0.717) is 6.42 Å². The molecule has 0 fully saturated rings. The minimum absolute atomic E-state index is 0.125. The zero-order valence-corrected chi connectivity index (χ0v) is 14.7. The van der Waals surface area contributed by atoms with Crippen LogP contribution in [0.3, 0.4) is 0 Å². The first kappa shape index (κ1) is 23.6. The van der Waals surface area contributed by atoms with E-state index in [0.717, 1.165) is 0 Å². The fraction of sp³-hybridized carbons (Fsp3) is 0.800. The second kappa shape index (κ2) is 14.0. The number of nitrogens with two attached hydrogens (primary N) is 3. The third kappa shape index (κ3) is 11.5. The van der Waals surface area contributed by atoms with Gasteiger partial charge >= 0.3 is 0 Å². The fourth-order valence-corrected chi connectivity index (χ4v) is 1.82. The van der Waals surface area contributed by atoms with Gasteiger partial charge in [-0.3, -0.25) is 14.4 Å². The lowest BCUT2D eigenvalue weighted by atomic mass is 10.0. The molecule has 0 aliphatic rings. The van der Waals surface area contributed by atoms with Crippen molar-refractivity contribution < 1.29 is 14.4 Å². The molecule has 0 aliphatic heterocycles. The highest BCUT2D eigenvalue weighted by Gasteiger charge is 2.25. The van der Waals surface area contributed by atoms with E-state index in [1.165, 1.54) is 0 Å². The Morgan fingerprint density at radius 1 is 0.957 bits per heavy atom. The number of nitrogens with one attached hydrogen (secondary N) is 2. The first-order valence-electron chi connectivity index (χ1n) is 8.11. The number of rotatable bonds is 10. The summed E-state index contributed by atoms with van der Waals surface area (Å²) in [7, 11) is 0. The summed E-state index contributed by atoms with van der Waals surface area (Å²) >= 11 is 0. The molecule has 0 saturated carbocycles. The van der Waals surface area contributed by atoms with Crippen molar-refractivity contribution in [3.63, 3.8) is 0 Å². The van der Waals surface area contributed by atoms with Crippen LogP contribution in [-0.4, -0.2) is 42.9 Å². The summed E-state index contributed by atoms with van der Waals surface area (Å²) in [5.41, 5.74) is 16.0. The average Bonchev–Trinajstić information content (AvgIpc) is 2.47. The van der Waals surface area contributed by atoms with Gasteiger partial charge in [0.05, 0.1) is 0 Å². The lowest BCUT2D eigenvalue weighted by Crippen LogP contribution is -2.53. The van der Waals surface area contributed by atoms with E-state index in [1.54, 1.807) is 0 Å². The van der Waals surface area contributed by atoms with Crippen LogP contribution in [-0.2, 0) is 14.4 Å². The third-order valence-corrected chi connectivity index (χ3v) is 2.85. The van der Waals surface area contributed by atoms with Crippen molar-refractivity contribution in [1.29, 1.82) is 0 Å². The molecular formula is C15H33N5O3. The molecule has 0 spiro atoms. The Morgan fingerprint density at radius 2 is 1.52 bits per heavy atom. The van der Waals surface area contributed by atoms with Crippen molar-refractivity contribution in [1.82, 2.24) is 10.6 Å². The molecule has 0 saturated heterocycles. The van der Waals surface area contributed by atoms with Crippen LogP contribution in [0.25, 0.3) is 0 Å². The van der Waals surface area contributed by atoms with Crippen LogP contribution in [0.5, 0.6) is 0 Å². The molecule has 23 heavy (non-hydrogen) atoms. The Morgan fingerprint density at radius 3 is 1.91 bits per heavy atom. The Bertz CT molecular complexity index is 361. The molecule has 8 heteroatoms. The maximum atomic E-state index is 12.1. The number of hydrogen-bond acceptors (Lipinski definition) is 5. The predicted molar refractivity (Wildman–Crippen MR) is 91.2 cm³/mol. The average molecular weight is 331 g/mol. The Kier molecular flexibility index (Phi) is 14.3. The molecule has 2 atom stereocenters. The highest BCUT2D eigenvalue weighted by Crippen LogP contribution is 2.05. The van der Waals surface area contributed by atoms with Crippen LogP contribution >= 0.6 is 0 Å². The zero-order valence-electron chi connectivity index (χ0n) is 14.7. The van der Waals surface area contributed by atoms with Gasteiger partial charge in [-0.2, -0.15) is 0 Å². The smallest absolute Gasteiger partial charge is 0.243 e. The lowest BCUT2D eigenvalue weighted by molar-refractivity contribution is -0.131. The van der Waals surface area contributed by atoms with Crippen LogP contribution in [0.2, 0.25) is 0 Å². The first-order valence-corrected chi connectivity index (χ1v) is 8.11. The van der Waals surface area contributed by atoms with Crippen molar-refractivity contribution in [2.45, 2.75) is 59.0 Å². The molecule has 0 aromatic heterocycles. The third-order valence-electron chi connectivity index (χ3n) is 2.85. The van der Waals surface area contributed by atoms with Crippen LogP contribution in [0.4, 0.5) is 0 Å². The van der Waals surface area contributed by atoms with Gasteiger partial charge in [0.15, 0.2) is 0 Å². The Hall–Kier alpha value is -1.67. The van der Waals surface area contributed by atoms with Crippen LogP contribution in [0.15, 0.2) is 0 Å². The van der Waals surface area contributed by atoms with Gasteiger partial charge in [-0.05, 0) is 25.3 Å². The van der Waals surface area contributed by atoms with Crippen molar-refractivity contribution >= 4 is 17.7 Å². The largest absolute Gasteiger partial charge is 0.368 e. The Labute approximate surface area is 138 Å². The quantitative estimate of drug-likeness (QED) is 0.355. The molecule has 0 aromatic carbocycles. The van der Waals surface area contributed by atoms with Gasteiger partial charge in [0.1, 0.15) is 12.1 Å². The van der Waals surface area contributed by atoms with Crippen LogP contribution in [0.1, 0.15) is 47.0 Å². The van der Waals surface area contributed by atoms with E-state index in [9.17, 15) is 14.4 Å². The van der Waals surface area contributed by atoms with Gasteiger partial charge in [0, 0.05) is 13.0 Å². The molecule has 8 nitrogen and oxygen atoms in total. The normalized spacial score (nSPS) is 12.7. The minimum Gasteiger partial charge on any atom is -0.368 e. The highest BCUT2D eigenvalue weighted by molar-refractivity contribution is 5.91. The minimum atomic E-state index is -0.789. The molecule has 136 valence electrons. The van der Waals surface area contributed by atoms with Crippen LogP contribution < -0.4 is 27.8 Å². The van der Waals surface area contributed by atoms with E-state index in [2.05, 4.69) is 10.6 Å². The van der Waals surface area contributed by atoms with E-state index in [4.69, 9.17) is 17.2 Å². The number of carbonyl (C=O) groups is 3. The maximum absolute atomic E-state index is 12.1. The number of primary amides is 1. The molecule has 0 radical (unpaired) electrons. The molecule has 0 rings (SSSR count). The number of amides is 3. The standard InChI is InChI=1S/C13H27N5O3.C2H6/c1-8(2)7-10(12(16)20)18-13(21)9(3-5-14)17-11(19)4-6-15;1-2/h8-10H,3-7,14-15H2,1-2H3,(H2,16,20)(H,17,19)(H,18,21);1-2H3. The fourth-order valence-electron chi connectivity index (χ4n) is 1.82. The lowest BCUT2D eigenvalue weighted by Gasteiger charge is -2.22. The van der Waals surface area contributed by atoms with Gasteiger partial charge in [-0.1, -0.05) is 27.7 Å². The van der Waals surface area contributed by atoms with Crippen molar-refractivity contribution in [2.24, 2.45) is 23.1 Å². The summed E-state index contributed by atoms with van der Waals surface area (Å²) in [5, 5.41) is 5.12. The monoisotopic (exact) mass is 331 g/mol. The summed E-state index contributed by atoms with van der Waals surface area (Å²) in [6, 6.07) is -1.55. The van der Waals surface area contributed by atoms with Crippen molar-refractivity contribution in [3.05, 3.63) is 0 Å². The topological polar surface area (TPSA) is 153 Å². The molecule has 2 unspecified atom stereocenters. The number of hydrogen-bond donors (Lipinski definition) is 5. The zero-order chi connectivity index (χ0) is 18.4. The summed E-state index contributed by atoms with van der Waals surface area (Å²) in [4.78, 5) is 35.0. The first-order chi connectivity index (χ1) is 10.8. The van der Waals surface area contributed by atoms with E-state index >= 15 is 0 Å². The molecule has 0 heterocycles. The second-order valence-corrected chi connectivity index (χ2v) is 5.33. The summed E-state index contributed by atoms with van der Waals surface area (Å²) in [6.07, 6.45) is 0.835. The van der Waals surface area contributed by atoms with Gasteiger partial charge in [-0.15, -0.1) is 0 Å². The molecule has 0 bridgehead atoms. The molecule has 3 amide bonds. The summed E-state index contributed by atoms with van der Waals surface area (Å²) < 4.78 is 0. The Balaban J connectivity index is 0. The maximum Gasteiger partial charge on any atom is 0.243 e. The van der Waals surface area contributed by atoms with Gasteiger partial charge < -0.3 is 27.8 Å². The second-order valence-electron chi connectivity index (χ2n) is 5.33. The highest BCUT2D eigenvalue weighted by atomic mass is 16.2. The summed E-state index contributed by atoms with van der Waals surface area (Å²) in [6.45, 7) is 8.26. The predicted octanol–water partition coefficient (Wildman–Crippen LogP) is -0.789. The molecular weight excluding hydrogens is 298 g/mol. The van der Waals surface area contributed by atoms with Gasteiger partial charge in [-0.25, -0.2) is 0 Å². The number of carbonyl (C=O) groups excluding carboxylic acids is 3.